The van der Waals surface area contributed by atoms with Crippen LogP contribution in [0.15, 0.2) is 53.6 Å². The van der Waals surface area contributed by atoms with Crippen molar-refractivity contribution >= 4 is 17.8 Å². The lowest BCUT2D eigenvalue weighted by molar-refractivity contribution is -0.137. The SMILES string of the molecule is COc1ccccc1CC(=O)NCc1ccc(C(=O)N[C@H](CN=[N+]=[N-])CC(=O)O)cc1. The number of hydrogen-bond acceptors (Lipinski definition) is 5. The van der Waals surface area contributed by atoms with Crippen LogP contribution in [-0.2, 0) is 22.6 Å². The highest BCUT2D eigenvalue weighted by molar-refractivity contribution is 5.94. The van der Waals surface area contributed by atoms with E-state index in [9.17, 15) is 14.4 Å². The number of carbonyl (C=O) groups excluding carboxylic acids is 2. The number of ether oxygens (including phenoxy) is 1. The molecule has 0 heterocycles. The first kappa shape index (κ1) is 23.2. The van der Waals surface area contributed by atoms with Gasteiger partial charge in [-0.05, 0) is 29.3 Å². The first-order valence-electron chi connectivity index (χ1n) is 9.44. The second kappa shape index (κ2) is 11.8. The molecule has 0 saturated heterocycles. The van der Waals surface area contributed by atoms with Gasteiger partial charge in [0.05, 0.1) is 20.0 Å². The molecule has 2 aromatic rings. The largest absolute Gasteiger partial charge is 0.496 e. The molecule has 0 bridgehead atoms. The highest BCUT2D eigenvalue weighted by Gasteiger charge is 2.16. The molecule has 0 aliphatic rings. The zero-order valence-electron chi connectivity index (χ0n) is 16.9. The minimum Gasteiger partial charge on any atom is -0.496 e. The van der Waals surface area contributed by atoms with Crippen LogP contribution >= 0.6 is 0 Å². The fourth-order valence-electron chi connectivity index (χ4n) is 2.83. The summed E-state index contributed by atoms with van der Waals surface area (Å²) < 4.78 is 5.24. The summed E-state index contributed by atoms with van der Waals surface area (Å²) >= 11 is 0. The zero-order chi connectivity index (χ0) is 22.6. The van der Waals surface area contributed by atoms with E-state index in [2.05, 4.69) is 20.7 Å². The second-order valence-electron chi connectivity index (χ2n) is 6.64. The first-order chi connectivity index (χ1) is 14.9. The van der Waals surface area contributed by atoms with Crippen LogP contribution in [0.3, 0.4) is 0 Å². The van der Waals surface area contributed by atoms with Gasteiger partial charge in [-0.1, -0.05) is 35.4 Å². The quantitative estimate of drug-likeness (QED) is 0.287. The van der Waals surface area contributed by atoms with E-state index in [-0.39, 0.29) is 31.8 Å². The Hall–Kier alpha value is -4.04. The monoisotopic (exact) mass is 425 g/mol. The topological polar surface area (TPSA) is 153 Å². The fourth-order valence-corrected chi connectivity index (χ4v) is 2.83. The van der Waals surface area contributed by atoms with Crippen LogP contribution in [-0.4, -0.2) is 42.6 Å². The Morgan fingerprint density at radius 2 is 1.87 bits per heavy atom. The van der Waals surface area contributed by atoms with E-state index in [1.807, 2.05) is 18.2 Å². The van der Waals surface area contributed by atoms with Crippen LogP contribution in [0, 0.1) is 0 Å². The van der Waals surface area contributed by atoms with Gasteiger partial charge in [-0.25, -0.2) is 0 Å². The molecule has 0 radical (unpaired) electrons. The summed E-state index contributed by atoms with van der Waals surface area (Å²) in [5.41, 5.74) is 10.3. The highest BCUT2D eigenvalue weighted by Crippen LogP contribution is 2.17. The fraction of sp³-hybridized carbons (Fsp3) is 0.286. The van der Waals surface area contributed by atoms with Gasteiger partial charge in [0, 0.05) is 35.2 Å². The maximum absolute atomic E-state index is 12.3. The van der Waals surface area contributed by atoms with Crippen LogP contribution < -0.4 is 15.4 Å². The van der Waals surface area contributed by atoms with Crippen LogP contribution in [0.25, 0.3) is 10.4 Å². The minimum atomic E-state index is -1.11. The lowest BCUT2D eigenvalue weighted by Gasteiger charge is -2.14. The molecule has 0 aromatic heterocycles. The molecule has 162 valence electrons. The van der Waals surface area contributed by atoms with Gasteiger partial charge in [-0.15, -0.1) is 0 Å². The molecule has 0 aliphatic carbocycles. The number of benzene rings is 2. The molecule has 2 aromatic carbocycles. The van der Waals surface area contributed by atoms with Gasteiger partial charge in [0.25, 0.3) is 5.91 Å². The van der Waals surface area contributed by atoms with Crippen LogP contribution in [0.4, 0.5) is 0 Å². The van der Waals surface area contributed by atoms with Crippen molar-refractivity contribution in [1.29, 1.82) is 0 Å². The summed E-state index contributed by atoms with van der Waals surface area (Å²) in [4.78, 5) is 38.0. The van der Waals surface area contributed by atoms with Gasteiger partial charge in [0.2, 0.25) is 5.91 Å². The number of amides is 2. The van der Waals surface area contributed by atoms with Gasteiger partial charge < -0.3 is 20.5 Å². The molecule has 2 amide bonds. The lowest BCUT2D eigenvalue weighted by atomic mass is 10.1. The lowest BCUT2D eigenvalue weighted by Crippen LogP contribution is -2.38. The third-order valence-electron chi connectivity index (χ3n) is 4.37. The van der Waals surface area contributed by atoms with E-state index in [4.69, 9.17) is 15.4 Å². The van der Waals surface area contributed by atoms with Crippen molar-refractivity contribution in [2.45, 2.75) is 25.4 Å². The van der Waals surface area contributed by atoms with Gasteiger partial charge >= 0.3 is 5.97 Å². The summed E-state index contributed by atoms with van der Waals surface area (Å²) in [6.45, 7) is 0.124. The Morgan fingerprint density at radius 3 is 2.52 bits per heavy atom. The standard InChI is InChI=1S/C21H23N5O5/c1-31-18-5-3-2-4-16(18)10-19(27)23-12-14-6-8-15(9-7-14)21(30)25-17(11-20(28)29)13-24-26-22/h2-9,17H,10-13H2,1H3,(H,23,27)(H,25,30)(H,28,29)/t17-/m0/s1. The molecule has 2 rings (SSSR count). The Morgan fingerprint density at radius 1 is 1.16 bits per heavy atom. The maximum Gasteiger partial charge on any atom is 0.305 e. The average Bonchev–Trinajstić information content (AvgIpc) is 2.76. The molecule has 0 fully saturated rings. The highest BCUT2D eigenvalue weighted by atomic mass is 16.5. The first-order valence-corrected chi connectivity index (χ1v) is 9.44. The van der Waals surface area contributed by atoms with E-state index in [0.29, 0.717) is 11.3 Å². The number of methoxy groups -OCH3 is 1. The number of nitrogens with one attached hydrogen (secondary N) is 2. The Balaban J connectivity index is 1.90. The van der Waals surface area contributed by atoms with Crippen LogP contribution in [0.5, 0.6) is 5.75 Å². The van der Waals surface area contributed by atoms with E-state index in [1.165, 1.54) is 0 Å². The summed E-state index contributed by atoms with van der Waals surface area (Å²) in [5.74, 6) is -1.11. The number of para-hydroxylation sites is 1. The van der Waals surface area contributed by atoms with Gasteiger partial charge in [0.1, 0.15) is 5.75 Å². The third-order valence-corrected chi connectivity index (χ3v) is 4.37. The second-order valence-corrected chi connectivity index (χ2v) is 6.64. The number of hydrogen-bond donors (Lipinski definition) is 3. The smallest absolute Gasteiger partial charge is 0.305 e. The number of aliphatic carboxylic acids is 1. The molecular formula is C21H23N5O5. The number of nitrogens with zero attached hydrogens (tertiary/aromatic N) is 3. The van der Waals surface area contributed by atoms with Crippen molar-refractivity contribution in [1.82, 2.24) is 10.6 Å². The Kier molecular flexibility index (Phi) is 8.88. The van der Waals surface area contributed by atoms with Crippen LogP contribution in [0.1, 0.15) is 27.9 Å². The van der Waals surface area contributed by atoms with E-state index in [1.54, 1.807) is 37.4 Å². The predicted molar refractivity (Wildman–Crippen MR) is 113 cm³/mol. The number of rotatable bonds is 11. The molecule has 10 heteroatoms. The summed E-state index contributed by atoms with van der Waals surface area (Å²) in [6.07, 6.45) is -0.179. The number of carboxylic acid groups (broad SMARTS) is 1. The summed E-state index contributed by atoms with van der Waals surface area (Å²) in [7, 11) is 1.55. The van der Waals surface area contributed by atoms with Crippen LogP contribution in [0.2, 0.25) is 0 Å². The third kappa shape index (κ3) is 7.71. The molecule has 3 N–H and O–H groups in total. The number of carbonyl (C=O) groups is 3. The van der Waals surface area contributed by atoms with Crippen molar-refractivity contribution in [3.63, 3.8) is 0 Å². The maximum atomic E-state index is 12.3. The summed E-state index contributed by atoms with van der Waals surface area (Å²) in [5, 5.41) is 17.6. The average molecular weight is 425 g/mol. The van der Waals surface area contributed by atoms with Crippen molar-refractivity contribution in [2.75, 3.05) is 13.7 Å². The normalized spacial score (nSPS) is 11.0. The van der Waals surface area contributed by atoms with Crippen molar-refractivity contribution < 1.29 is 24.2 Å². The van der Waals surface area contributed by atoms with E-state index < -0.39 is 17.9 Å². The van der Waals surface area contributed by atoms with E-state index >= 15 is 0 Å². The van der Waals surface area contributed by atoms with Crippen molar-refractivity contribution in [2.24, 2.45) is 5.11 Å². The minimum absolute atomic E-state index is 0.162. The van der Waals surface area contributed by atoms with Gasteiger partial charge in [-0.3, -0.25) is 14.4 Å². The Labute approximate surface area is 178 Å². The molecule has 0 saturated carbocycles. The molecule has 31 heavy (non-hydrogen) atoms. The molecule has 0 aliphatic heterocycles. The van der Waals surface area contributed by atoms with Crippen molar-refractivity contribution in [3.8, 4) is 5.75 Å². The molecule has 0 spiro atoms. The summed E-state index contributed by atoms with van der Waals surface area (Å²) in [6, 6.07) is 13.0. The number of carboxylic acids is 1. The molecular weight excluding hydrogens is 402 g/mol. The Bertz CT molecular complexity index is 966. The van der Waals surface area contributed by atoms with Gasteiger partial charge in [-0.2, -0.15) is 0 Å². The predicted octanol–water partition coefficient (Wildman–Crippen LogP) is 2.44. The van der Waals surface area contributed by atoms with Crippen molar-refractivity contribution in [3.05, 3.63) is 75.7 Å². The van der Waals surface area contributed by atoms with Gasteiger partial charge in [0.15, 0.2) is 0 Å². The molecule has 10 nitrogen and oxygen atoms in total. The molecule has 1 atom stereocenters. The molecule has 0 unspecified atom stereocenters. The zero-order valence-corrected chi connectivity index (χ0v) is 16.9. The van der Waals surface area contributed by atoms with E-state index in [0.717, 1.165) is 11.1 Å². The number of azide groups is 1.